The fraction of sp³-hybridized carbons (Fsp3) is 0.600. The molecular weight excluding hydrogens is 508 g/mol. The number of amides is 1. The van der Waals surface area contributed by atoms with Crippen LogP contribution in [0, 0.1) is 5.92 Å². The molecule has 0 atom stereocenters. The first-order valence-corrected chi connectivity index (χ1v) is 14.7. The number of nitrogens with one attached hydrogen (secondary N) is 1. The molecule has 3 aliphatic rings. The Balaban J connectivity index is 1.33. The van der Waals surface area contributed by atoms with Gasteiger partial charge in [-0.25, -0.2) is 9.78 Å². The topological polar surface area (TPSA) is 113 Å². The number of hydrogen-bond donors (Lipinski definition) is 2. The van der Waals surface area contributed by atoms with Crippen LogP contribution in [0.15, 0.2) is 29.2 Å². The molecule has 3 fully saturated rings. The van der Waals surface area contributed by atoms with Crippen molar-refractivity contribution in [2.75, 3.05) is 42.9 Å². The van der Waals surface area contributed by atoms with Gasteiger partial charge in [0.05, 0.1) is 11.5 Å². The van der Waals surface area contributed by atoms with Crippen molar-refractivity contribution in [3.63, 3.8) is 0 Å². The number of carbonyl (C=O) groups is 1. The van der Waals surface area contributed by atoms with E-state index in [4.69, 9.17) is 9.72 Å². The Labute approximate surface area is 234 Å². The third-order valence-corrected chi connectivity index (χ3v) is 8.31. The highest BCUT2D eigenvalue weighted by Gasteiger charge is 2.28. The highest BCUT2D eigenvalue weighted by molar-refractivity contribution is 6.05. The van der Waals surface area contributed by atoms with Crippen LogP contribution < -0.4 is 15.8 Å². The fourth-order valence-electron chi connectivity index (χ4n) is 5.88. The molecule has 2 aliphatic carbocycles. The molecule has 0 spiro atoms. The van der Waals surface area contributed by atoms with E-state index in [1.54, 1.807) is 4.90 Å². The van der Waals surface area contributed by atoms with E-state index >= 15 is 0 Å². The van der Waals surface area contributed by atoms with Crippen molar-refractivity contribution in [1.29, 1.82) is 0 Å². The van der Waals surface area contributed by atoms with Crippen molar-refractivity contribution in [3.05, 3.63) is 34.7 Å². The number of aliphatic hydroxyl groups is 1. The number of rotatable bonds is 5. The molecule has 1 amide bonds. The lowest BCUT2D eigenvalue weighted by Gasteiger charge is -2.36. The summed E-state index contributed by atoms with van der Waals surface area (Å²) in [6.45, 7) is 8.91. The van der Waals surface area contributed by atoms with Crippen molar-refractivity contribution in [2.45, 2.75) is 77.0 Å². The molecule has 10 nitrogen and oxygen atoms in total. The van der Waals surface area contributed by atoms with Crippen LogP contribution in [0.2, 0.25) is 0 Å². The van der Waals surface area contributed by atoms with Gasteiger partial charge in [-0.05, 0) is 82.7 Å². The Morgan fingerprint density at radius 1 is 1.02 bits per heavy atom. The van der Waals surface area contributed by atoms with Gasteiger partial charge in [-0.3, -0.25) is 9.36 Å². The van der Waals surface area contributed by atoms with Crippen molar-refractivity contribution in [2.24, 2.45) is 5.92 Å². The van der Waals surface area contributed by atoms with Crippen LogP contribution in [0.5, 0.6) is 0 Å². The lowest BCUT2D eigenvalue weighted by Crippen LogP contribution is -2.50. The minimum absolute atomic E-state index is 0.0185. The number of piperazine rings is 1. The van der Waals surface area contributed by atoms with Gasteiger partial charge in [-0.2, -0.15) is 4.98 Å². The number of fused-ring (bicyclic) bond motifs is 3. The normalized spacial score (nSPS) is 22.1. The Morgan fingerprint density at radius 2 is 1.75 bits per heavy atom. The second-order valence-electron chi connectivity index (χ2n) is 12.6. The second kappa shape index (κ2) is 10.5. The molecule has 40 heavy (non-hydrogen) atoms. The average Bonchev–Trinajstić information content (AvgIpc) is 3.77. The number of nitrogens with zero attached hydrogens (tertiary/aromatic N) is 5. The Kier molecular flexibility index (Phi) is 7.06. The van der Waals surface area contributed by atoms with E-state index in [1.165, 1.54) is 12.8 Å². The molecule has 2 N–H and O–H groups in total. The molecule has 2 aromatic heterocycles. The van der Waals surface area contributed by atoms with Crippen LogP contribution in [0.4, 0.5) is 16.4 Å². The number of ether oxygens (including phenoxy) is 1. The number of hydrogen-bond acceptors (Lipinski definition) is 8. The Bertz CT molecular complexity index is 1460. The molecular formula is C30H40N6O4. The lowest BCUT2D eigenvalue weighted by atomic mass is 9.92. The maximum absolute atomic E-state index is 14.2. The minimum atomic E-state index is -0.524. The summed E-state index contributed by atoms with van der Waals surface area (Å²) in [5.41, 5.74) is 1.04. The van der Waals surface area contributed by atoms with E-state index in [0.717, 1.165) is 35.8 Å². The summed E-state index contributed by atoms with van der Waals surface area (Å²) >= 11 is 0. The highest BCUT2D eigenvalue weighted by Crippen LogP contribution is 2.33. The van der Waals surface area contributed by atoms with Crippen LogP contribution in [0.1, 0.15) is 65.3 Å². The summed E-state index contributed by atoms with van der Waals surface area (Å²) < 4.78 is 7.40. The zero-order chi connectivity index (χ0) is 28.0. The molecule has 1 aromatic carbocycles. The van der Waals surface area contributed by atoms with Gasteiger partial charge in [-0.1, -0.05) is 6.07 Å². The van der Waals surface area contributed by atoms with Gasteiger partial charge < -0.3 is 25.0 Å². The van der Waals surface area contributed by atoms with Crippen LogP contribution in [0.3, 0.4) is 0 Å². The number of aromatic nitrogens is 3. The van der Waals surface area contributed by atoms with Crippen molar-refractivity contribution in [1.82, 2.24) is 19.4 Å². The number of aliphatic hydroxyl groups excluding tert-OH is 1. The number of benzene rings is 1. The number of carbonyl (C=O) groups excluding carboxylic acids is 1. The Hall–Kier alpha value is -3.40. The van der Waals surface area contributed by atoms with Gasteiger partial charge in [0.25, 0.3) is 5.56 Å². The van der Waals surface area contributed by atoms with E-state index in [2.05, 4.69) is 15.2 Å². The minimum Gasteiger partial charge on any atom is -0.444 e. The van der Waals surface area contributed by atoms with E-state index in [1.807, 2.05) is 49.7 Å². The molecule has 3 aromatic rings. The monoisotopic (exact) mass is 548 g/mol. The van der Waals surface area contributed by atoms with Gasteiger partial charge in [0.2, 0.25) is 5.95 Å². The highest BCUT2D eigenvalue weighted by atomic mass is 16.6. The second-order valence-corrected chi connectivity index (χ2v) is 12.6. The van der Waals surface area contributed by atoms with Crippen LogP contribution in [0.25, 0.3) is 21.8 Å². The van der Waals surface area contributed by atoms with Gasteiger partial charge >= 0.3 is 6.09 Å². The molecule has 1 saturated heterocycles. The maximum Gasteiger partial charge on any atom is 0.410 e. The summed E-state index contributed by atoms with van der Waals surface area (Å²) in [7, 11) is 0. The molecule has 214 valence electrons. The van der Waals surface area contributed by atoms with Crippen LogP contribution >= 0.6 is 0 Å². The van der Waals surface area contributed by atoms with E-state index in [0.29, 0.717) is 61.9 Å². The third kappa shape index (κ3) is 5.59. The first-order valence-electron chi connectivity index (χ1n) is 14.7. The molecule has 0 unspecified atom stereocenters. The molecule has 0 bridgehead atoms. The van der Waals surface area contributed by atoms with Crippen LogP contribution in [-0.4, -0.2) is 75.1 Å². The molecule has 0 radical (unpaired) electrons. The van der Waals surface area contributed by atoms with Crippen molar-refractivity contribution >= 4 is 39.5 Å². The smallest absolute Gasteiger partial charge is 0.410 e. The maximum atomic E-state index is 14.2. The predicted molar refractivity (Wildman–Crippen MR) is 156 cm³/mol. The van der Waals surface area contributed by atoms with Gasteiger partial charge in [0.15, 0.2) is 0 Å². The molecule has 6 rings (SSSR count). The predicted octanol–water partition coefficient (Wildman–Crippen LogP) is 4.30. The molecule has 2 saturated carbocycles. The summed E-state index contributed by atoms with van der Waals surface area (Å²) in [5, 5.41) is 15.8. The average molecular weight is 549 g/mol. The molecule has 3 heterocycles. The van der Waals surface area contributed by atoms with E-state index < -0.39 is 5.60 Å². The first-order chi connectivity index (χ1) is 19.2. The number of anilines is 2. The quantitative estimate of drug-likeness (QED) is 0.454. The van der Waals surface area contributed by atoms with Crippen molar-refractivity contribution in [3.8, 4) is 0 Å². The number of pyridine rings is 1. The zero-order valence-electron chi connectivity index (χ0n) is 23.7. The lowest BCUT2D eigenvalue weighted by molar-refractivity contribution is 0.0240. The summed E-state index contributed by atoms with van der Waals surface area (Å²) in [6, 6.07) is 6.01. The molecule has 10 heteroatoms. The fourth-order valence-corrected chi connectivity index (χ4v) is 5.88. The summed E-state index contributed by atoms with van der Waals surface area (Å²) in [4.78, 5) is 40.1. The largest absolute Gasteiger partial charge is 0.444 e. The Morgan fingerprint density at radius 3 is 2.42 bits per heavy atom. The summed E-state index contributed by atoms with van der Waals surface area (Å²) in [6.07, 6.45) is 6.54. The van der Waals surface area contributed by atoms with E-state index in [-0.39, 0.29) is 23.8 Å². The third-order valence-electron chi connectivity index (χ3n) is 8.31. The SMILES string of the molecule is CC(C)(C)OC(=O)N1CCN(c2ccc3c(c2)c(=O)n(C2CCC(O)CC2)c2nc(NCC4CC4)ncc32)CC1. The van der Waals surface area contributed by atoms with Gasteiger partial charge in [0.1, 0.15) is 11.2 Å². The van der Waals surface area contributed by atoms with Gasteiger partial charge in [-0.15, -0.1) is 0 Å². The van der Waals surface area contributed by atoms with Crippen molar-refractivity contribution < 1.29 is 14.6 Å². The molecule has 1 aliphatic heterocycles. The van der Waals surface area contributed by atoms with E-state index in [9.17, 15) is 14.7 Å². The zero-order valence-corrected chi connectivity index (χ0v) is 23.7. The standard InChI is InChI=1S/C30H40N6O4/c1-30(2,3)40-29(39)35-14-12-34(13-15-35)21-8-11-23-24(16-21)27(38)36(20-6-9-22(37)10-7-20)26-25(23)18-32-28(33-26)31-17-19-4-5-19/h8,11,16,18-20,22,37H,4-7,9-10,12-15,17H2,1-3H3,(H,31,32,33). The summed E-state index contributed by atoms with van der Waals surface area (Å²) in [5.74, 6) is 1.24. The first kappa shape index (κ1) is 26.8. The van der Waals surface area contributed by atoms with Gasteiger partial charge in [0, 0.05) is 56.0 Å². The van der Waals surface area contributed by atoms with Crippen LogP contribution in [-0.2, 0) is 4.74 Å².